The van der Waals surface area contributed by atoms with Gasteiger partial charge in [-0.05, 0) is 41.8 Å². The molecule has 5 nitrogen and oxygen atoms in total. The summed E-state index contributed by atoms with van der Waals surface area (Å²) >= 11 is 0. The highest BCUT2D eigenvalue weighted by atomic mass is 16.5. The Hall–Kier alpha value is -3.57. The monoisotopic (exact) mass is 399 g/mol. The third-order valence-electron chi connectivity index (χ3n) is 5.51. The maximum atomic E-state index is 13.1. The van der Waals surface area contributed by atoms with Crippen LogP contribution in [0.1, 0.15) is 11.1 Å². The molecule has 5 rings (SSSR count). The van der Waals surface area contributed by atoms with Crippen LogP contribution < -0.4 is 15.1 Å². The molecule has 0 saturated carbocycles. The normalized spacial score (nSPS) is 13.2. The average Bonchev–Trinajstić information content (AvgIpc) is 2.80. The summed E-state index contributed by atoms with van der Waals surface area (Å²) in [4.78, 5) is 15.2. The zero-order valence-corrected chi connectivity index (χ0v) is 16.4. The Bertz CT molecular complexity index is 1250. The minimum absolute atomic E-state index is 0.0456. The van der Waals surface area contributed by atoms with Crippen molar-refractivity contribution in [1.29, 1.82) is 0 Å². The molecule has 0 radical (unpaired) electrons. The molecule has 0 amide bonds. The third kappa shape index (κ3) is 3.23. The van der Waals surface area contributed by atoms with Gasteiger partial charge in [-0.1, -0.05) is 42.5 Å². The number of hydrogen-bond donors (Lipinski definition) is 1. The van der Waals surface area contributed by atoms with Gasteiger partial charge in [-0.25, -0.2) is 0 Å². The Labute approximate surface area is 173 Å². The lowest BCUT2D eigenvalue weighted by Gasteiger charge is -2.31. The van der Waals surface area contributed by atoms with Crippen molar-refractivity contribution in [1.82, 2.24) is 0 Å². The van der Waals surface area contributed by atoms with Gasteiger partial charge in [0.2, 0.25) is 5.43 Å². The van der Waals surface area contributed by atoms with Crippen molar-refractivity contribution in [2.75, 3.05) is 18.2 Å². The van der Waals surface area contributed by atoms with Crippen LogP contribution in [-0.4, -0.2) is 18.4 Å². The van der Waals surface area contributed by atoms with Gasteiger partial charge in [-0.2, -0.15) is 0 Å². The highest BCUT2D eigenvalue weighted by molar-refractivity contribution is 5.86. The minimum Gasteiger partial charge on any atom is -0.473 e. The summed E-state index contributed by atoms with van der Waals surface area (Å²) in [5.74, 6) is 0.742. The Balaban J connectivity index is 1.53. The predicted molar refractivity (Wildman–Crippen MR) is 117 cm³/mol. The van der Waals surface area contributed by atoms with Gasteiger partial charge in [0.25, 0.3) is 0 Å². The number of hydrogen-bond acceptors (Lipinski definition) is 5. The number of fused-ring (bicyclic) bond motifs is 3. The Kier molecular flexibility index (Phi) is 4.73. The van der Waals surface area contributed by atoms with Crippen molar-refractivity contribution < 1.29 is 14.3 Å². The SMILES string of the molecule is O=c1c(-c2ccccc2)coc2c3c(ccc12)OCN(c1ccc(CCO)cc1)C3. The van der Waals surface area contributed by atoms with Crippen LogP contribution in [0.4, 0.5) is 5.69 Å². The van der Waals surface area contributed by atoms with E-state index >= 15 is 0 Å². The lowest BCUT2D eigenvalue weighted by Crippen LogP contribution is -2.32. The van der Waals surface area contributed by atoms with Crippen LogP contribution in [-0.2, 0) is 13.0 Å². The summed E-state index contributed by atoms with van der Waals surface area (Å²) in [6, 6.07) is 21.2. The van der Waals surface area contributed by atoms with Crippen LogP contribution in [0.3, 0.4) is 0 Å². The lowest BCUT2D eigenvalue weighted by atomic mass is 10.0. The largest absolute Gasteiger partial charge is 0.473 e. The molecular formula is C25H21NO4. The first kappa shape index (κ1) is 18.5. The quantitative estimate of drug-likeness (QED) is 0.553. The van der Waals surface area contributed by atoms with Gasteiger partial charge < -0.3 is 19.2 Å². The number of aliphatic hydroxyl groups excluding tert-OH is 1. The van der Waals surface area contributed by atoms with Crippen LogP contribution in [0.15, 0.2) is 82.2 Å². The smallest absolute Gasteiger partial charge is 0.200 e. The molecule has 3 aromatic carbocycles. The van der Waals surface area contributed by atoms with Crippen molar-refractivity contribution in [3.63, 3.8) is 0 Å². The van der Waals surface area contributed by atoms with Crippen LogP contribution in [0, 0.1) is 0 Å². The van der Waals surface area contributed by atoms with Gasteiger partial charge in [-0.15, -0.1) is 0 Å². The molecule has 5 heteroatoms. The second-order valence-electron chi connectivity index (χ2n) is 7.37. The molecule has 30 heavy (non-hydrogen) atoms. The number of benzene rings is 3. The average molecular weight is 399 g/mol. The van der Waals surface area contributed by atoms with E-state index in [4.69, 9.17) is 14.3 Å². The van der Waals surface area contributed by atoms with E-state index in [0.717, 1.165) is 28.1 Å². The van der Waals surface area contributed by atoms with Crippen LogP contribution >= 0.6 is 0 Å². The third-order valence-corrected chi connectivity index (χ3v) is 5.51. The fourth-order valence-electron chi connectivity index (χ4n) is 3.89. The minimum atomic E-state index is -0.0456. The van der Waals surface area contributed by atoms with Crippen molar-refractivity contribution in [3.05, 3.63) is 94.3 Å². The second kappa shape index (κ2) is 7.69. The second-order valence-corrected chi connectivity index (χ2v) is 7.37. The summed E-state index contributed by atoms with van der Waals surface area (Å²) in [5, 5.41) is 9.65. The molecule has 1 aliphatic heterocycles. The number of aliphatic hydroxyl groups is 1. The number of ether oxygens (including phenoxy) is 1. The standard InChI is InChI=1S/C25H21NO4/c27-13-12-17-6-8-19(9-7-17)26-14-21-23(30-16-26)11-10-20-24(28)22(15-29-25(20)21)18-4-2-1-3-5-18/h1-11,15,27H,12-14,16H2. The van der Waals surface area contributed by atoms with Crippen molar-refractivity contribution in [2.45, 2.75) is 13.0 Å². The molecular weight excluding hydrogens is 378 g/mol. The van der Waals surface area contributed by atoms with Crippen molar-refractivity contribution >= 4 is 16.7 Å². The Morgan fingerprint density at radius 3 is 2.53 bits per heavy atom. The predicted octanol–water partition coefficient (Wildman–Crippen LogP) is 4.35. The van der Waals surface area contributed by atoms with Crippen molar-refractivity contribution in [2.24, 2.45) is 0 Å². The highest BCUT2D eigenvalue weighted by Crippen LogP contribution is 2.34. The highest BCUT2D eigenvalue weighted by Gasteiger charge is 2.23. The molecule has 0 atom stereocenters. The molecule has 0 aliphatic carbocycles. The molecule has 150 valence electrons. The zero-order valence-electron chi connectivity index (χ0n) is 16.4. The van der Waals surface area contributed by atoms with E-state index in [1.54, 1.807) is 12.3 Å². The van der Waals surface area contributed by atoms with E-state index in [1.807, 2.05) is 60.7 Å². The molecule has 0 saturated heterocycles. The summed E-state index contributed by atoms with van der Waals surface area (Å²) in [7, 11) is 0. The van der Waals surface area contributed by atoms with Gasteiger partial charge in [0.15, 0.2) is 6.73 Å². The van der Waals surface area contributed by atoms with E-state index in [1.165, 1.54) is 0 Å². The molecule has 0 bridgehead atoms. The number of rotatable bonds is 4. The van der Waals surface area contributed by atoms with Gasteiger partial charge in [0, 0.05) is 12.3 Å². The topological polar surface area (TPSA) is 62.9 Å². The molecule has 1 aromatic heterocycles. The summed E-state index contributed by atoms with van der Waals surface area (Å²) in [6.07, 6.45) is 2.18. The van der Waals surface area contributed by atoms with E-state index in [-0.39, 0.29) is 12.0 Å². The fraction of sp³-hybridized carbons (Fsp3) is 0.160. The van der Waals surface area contributed by atoms with E-state index < -0.39 is 0 Å². The van der Waals surface area contributed by atoms with Gasteiger partial charge in [0.05, 0.1) is 23.1 Å². The van der Waals surface area contributed by atoms with Crippen LogP contribution in [0.2, 0.25) is 0 Å². The molecule has 1 aliphatic rings. The Morgan fingerprint density at radius 1 is 0.967 bits per heavy atom. The summed E-state index contributed by atoms with van der Waals surface area (Å²) < 4.78 is 11.9. The summed E-state index contributed by atoms with van der Waals surface area (Å²) in [5.41, 5.74) is 4.89. The maximum absolute atomic E-state index is 13.1. The fourth-order valence-corrected chi connectivity index (χ4v) is 3.89. The first-order valence-electron chi connectivity index (χ1n) is 9.95. The van der Waals surface area contributed by atoms with Gasteiger partial charge >= 0.3 is 0 Å². The first-order chi connectivity index (χ1) is 14.7. The first-order valence-corrected chi connectivity index (χ1v) is 9.95. The molecule has 0 spiro atoms. The van der Waals surface area contributed by atoms with E-state index in [0.29, 0.717) is 36.2 Å². The Morgan fingerprint density at radius 2 is 1.77 bits per heavy atom. The molecule has 4 aromatic rings. The molecule has 0 unspecified atom stereocenters. The van der Waals surface area contributed by atoms with E-state index in [9.17, 15) is 4.79 Å². The lowest BCUT2D eigenvalue weighted by molar-refractivity contribution is 0.289. The number of anilines is 1. The summed E-state index contributed by atoms with van der Waals surface area (Å²) in [6.45, 7) is 1.14. The van der Waals surface area contributed by atoms with E-state index in [2.05, 4.69) is 4.90 Å². The molecule has 0 fully saturated rings. The van der Waals surface area contributed by atoms with Gasteiger partial charge in [-0.3, -0.25) is 4.79 Å². The van der Waals surface area contributed by atoms with Crippen LogP contribution in [0.5, 0.6) is 5.75 Å². The number of nitrogens with zero attached hydrogens (tertiary/aromatic N) is 1. The van der Waals surface area contributed by atoms with Crippen LogP contribution in [0.25, 0.3) is 22.1 Å². The molecule has 2 heterocycles. The maximum Gasteiger partial charge on any atom is 0.200 e. The molecule has 1 N–H and O–H groups in total. The van der Waals surface area contributed by atoms with Crippen molar-refractivity contribution in [3.8, 4) is 16.9 Å². The zero-order chi connectivity index (χ0) is 20.5. The van der Waals surface area contributed by atoms with Gasteiger partial charge in [0.1, 0.15) is 17.6 Å².